The number of hydrogen-bond donors (Lipinski definition) is 2. The maximum absolute atomic E-state index is 13.5. The van der Waals surface area contributed by atoms with Crippen molar-refractivity contribution in [3.63, 3.8) is 0 Å². The molecule has 3 aromatic rings. The molecular weight excluding hydrogens is 537 g/mol. The number of nitrogens with one attached hydrogen (secondary N) is 1. The second-order valence-corrected chi connectivity index (χ2v) is 11.5. The highest BCUT2D eigenvalue weighted by Gasteiger charge is 2.32. The van der Waals surface area contributed by atoms with E-state index in [0.717, 1.165) is 42.7 Å². The molecule has 2 N–H and O–H groups in total. The van der Waals surface area contributed by atoms with E-state index < -0.39 is 5.97 Å². The summed E-state index contributed by atoms with van der Waals surface area (Å²) in [5.41, 5.74) is 4.66. The zero-order chi connectivity index (χ0) is 30.3. The molecule has 1 aromatic heterocycles. The van der Waals surface area contributed by atoms with Crippen molar-refractivity contribution in [1.82, 2.24) is 10.3 Å². The molecule has 0 saturated carbocycles. The van der Waals surface area contributed by atoms with Gasteiger partial charge in [0, 0.05) is 50.0 Å². The van der Waals surface area contributed by atoms with Gasteiger partial charge in [0.2, 0.25) is 0 Å². The molecule has 1 fully saturated rings. The normalized spacial score (nSPS) is 14.5. The minimum atomic E-state index is -0.952. The van der Waals surface area contributed by atoms with E-state index in [9.17, 15) is 19.1 Å². The molecule has 0 unspecified atom stereocenters. The highest BCUT2D eigenvalue weighted by atomic mass is 19.1. The number of aliphatic carboxylic acids is 1. The van der Waals surface area contributed by atoms with Crippen molar-refractivity contribution in [3.05, 3.63) is 76.9 Å². The lowest BCUT2D eigenvalue weighted by molar-refractivity contribution is -0.136. The smallest absolute Gasteiger partial charge is 0.307 e. The van der Waals surface area contributed by atoms with Crippen molar-refractivity contribution in [1.29, 1.82) is 0 Å². The van der Waals surface area contributed by atoms with E-state index in [-0.39, 0.29) is 29.3 Å². The molecule has 2 heterocycles. The van der Waals surface area contributed by atoms with Crippen LogP contribution in [0.15, 0.2) is 48.5 Å². The molecule has 1 aliphatic rings. The van der Waals surface area contributed by atoms with E-state index in [1.165, 1.54) is 12.1 Å². The van der Waals surface area contributed by atoms with Gasteiger partial charge in [-0.25, -0.2) is 9.37 Å². The van der Waals surface area contributed by atoms with Crippen LogP contribution in [0.3, 0.4) is 0 Å². The Labute approximate surface area is 246 Å². The summed E-state index contributed by atoms with van der Waals surface area (Å²) in [6.07, 6.45) is 2.31. The number of nitrogens with zero attached hydrogens (tertiary/aromatic N) is 2. The molecule has 0 bridgehead atoms. The first-order valence-electron chi connectivity index (χ1n) is 14.3. The first kappa shape index (κ1) is 31.0. The molecule has 4 rings (SSSR count). The fourth-order valence-electron chi connectivity index (χ4n) is 5.22. The summed E-state index contributed by atoms with van der Waals surface area (Å²) in [5, 5.41) is 12.7. The van der Waals surface area contributed by atoms with Crippen molar-refractivity contribution in [2.45, 2.75) is 46.5 Å². The fourth-order valence-corrected chi connectivity index (χ4v) is 5.22. The Morgan fingerprint density at radius 3 is 2.33 bits per heavy atom. The predicted octanol–water partition coefficient (Wildman–Crippen LogP) is 5.45. The molecule has 0 aliphatic carbocycles. The number of aryl methyl sites for hydroxylation is 1. The van der Waals surface area contributed by atoms with E-state index >= 15 is 0 Å². The van der Waals surface area contributed by atoms with Crippen LogP contribution < -0.4 is 15.0 Å². The number of piperidine rings is 1. The number of hydrogen-bond acceptors (Lipinski definition) is 6. The van der Waals surface area contributed by atoms with E-state index in [2.05, 4.69) is 29.0 Å². The Bertz CT molecular complexity index is 1380. The average Bonchev–Trinajstić information content (AvgIpc) is 2.95. The molecule has 8 nitrogen and oxygen atoms in total. The molecule has 0 radical (unpaired) electrons. The van der Waals surface area contributed by atoms with Crippen LogP contribution in [0.5, 0.6) is 5.75 Å². The molecule has 1 amide bonds. The summed E-state index contributed by atoms with van der Waals surface area (Å²) < 4.78 is 24.3. The van der Waals surface area contributed by atoms with Crippen molar-refractivity contribution in [2.24, 2.45) is 5.41 Å². The minimum Gasteiger partial charge on any atom is -0.493 e. The quantitative estimate of drug-likeness (QED) is 0.276. The maximum Gasteiger partial charge on any atom is 0.307 e. The maximum atomic E-state index is 13.5. The van der Waals surface area contributed by atoms with Crippen LogP contribution in [-0.2, 0) is 22.4 Å². The zero-order valence-electron chi connectivity index (χ0n) is 24.8. The number of anilines is 1. The Morgan fingerprint density at radius 2 is 1.71 bits per heavy atom. The largest absolute Gasteiger partial charge is 0.493 e. The molecular formula is C33H40FN3O5. The second-order valence-electron chi connectivity index (χ2n) is 11.5. The Hall–Kier alpha value is -3.98. The van der Waals surface area contributed by atoms with Crippen LogP contribution in [0.4, 0.5) is 10.1 Å². The van der Waals surface area contributed by atoms with Gasteiger partial charge in [0.1, 0.15) is 17.3 Å². The van der Waals surface area contributed by atoms with Gasteiger partial charge < -0.3 is 24.8 Å². The summed E-state index contributed by atoms with van der Waals surface area (Å²) in [5.74, 6) is -0.914. The van der Waals surface area contributed by atoms with Crippen LogP contribution in [0.25, 0.3) is 11.1 Å². The number of pyridine rings is 1. The van der Waals surface area contributed by atoms with Crippen molar-refractivity contribution >= 4 is 17.6 Å². The lowest BCUT2D eigenvalue weighted by atomic mass is 9.82. The molecule has 224 valence electrons. The number of rotatable bonds is 12. The number of aromatic nitrogens is 1. The molecule has 1 saturated heterocycles. The van der Waals surface area contributed by atoms with Crippen LogP contribution in [-0.4, -0.2) is 61.9 Å². The summed E-state index contributed by atoms with van der Waals surface area (Å²) in [6, 6.07) is 13.8. The third kappa shape index (κ3) is 7.85. The van der Waals surface area contributed by atoms with E-state index in [1.807, 2.05) is 24.3 Å². The number of carbonyl (C=O) groups excluding carboxylic acids is 1. The number of carboxylic acid groups (broad SMARTS) is 1. The van der Waals surface area contributed by atoms with Gasteiger partial charge in [0.25, 0.3) is 5.91 Å². The van der Waals surface area contributed by atoms with Crippen molar-refractivity contribution in [3.8, 4) is 16.9 Å². The monoisotopic (exact) mass is 577 g/mol. The van der Waals surface area contributed by atoms with Gasteiger partial charge in [-0.15, -0.1) is 0 Å². The first-order chi connectivity index (χ1) is 20.1. The minimum absolute atomic E-state index is 0.180. The van der Waals surface area contributed by atoms with Gasteiger partial charge in [-0.05, 0) is 60.6 Å². The van der Waals surface area contributed by atoms with Gasteiger partial charge in [-0.1, -0.05) is 38.1 Å². The van der Waals surface area contributed by atoms with E-state index in [1.54, 1.807) is 26.2 Å². The van der Waals surface area contributed by atoms with Crippen LogP contribution >= 0.6 is 0 Å². The number of benzene rings is 2. The summed E-state index contributed by atoms with van der Waals surface area (Å²) >= 11 is 0. The standard InChI is InChI=1S/C33H40FN3O5/c1-22-27(21-28(38)39)31(37-17-14-33(2,3)15-18-37)29(30(36-22)32(40)35-16-20-41-4)24-7-11-26(12-8-24)42-19-13-23-5-9-25(34)10-6-23/h5-12H,13-21H2,1-4H3,(H,35,40)(H,38,39). The Balaban J connectivity index is 1.72. The van der Waals surface area contributed by atoms with Gasteiger partial charge in [-0.3, -0.25) is 9.59 Å². The molecule has 1 aliphatic heterocycles. The number of halogens is 1. The lowest BCUT2D eigenvalue weighted by Gasteiger charge is -2.40. The average molecular weight is 578 g/mol. The lowest BCUT2D eigenvalue weighted by Crippen LogP contribution is -2.39. The molecule has 42 heavy (non-hydrogen) atoms. The topological polar surface area (TPSA) is 101 Å². The van der Waals surface area contributed by atoms with E-state index in [0.29, 0.717) is 48.7 Å². The number of methoxy groups -OCH3 is 1. The van der Waals surface area contributed by atoms with Crippen LogP contribution in [0, 0.1) is 18.2 Å². The molecule has 0 spiro atoms. The number of carbonyl (C=O) groups is 2. The van der Waals surface area contributed by atoms with Gasteiger partial charge in [0.15, 0.2) is 0 Å². The van der Waals surface area contributed by atoms with Gasteiger partial charge in [0.05, 0.1) is 25.3 Å². The zero-order valence-corrected chi connectivity index (χ0v) is 24.8. The van der Waals surface area contributed by atoms with Crippen molar-refractivity contribution in [2.75, 3.05) is 44.9 Å². The van der Waals surface area contributed by atoms with Gasteiger partial charge in [-0.2, -0.15) is 0 Å². The van der Waals surface area contributed by atoms with Crippen LogP contribution in [0.1, 0.15) is 54.0 Å². The second kappa shape index (κ2) is 13.8. The number of carboxylic acids is 1. The fraction of sp³-hybridized carbons (Fsp3) is 0.424. The number of amides is 1. The van der Waals surface area contributed by atoms with Crippen LogP contribution in [0.2, 0.25) is 0 Å². The number of ether oxygens (including phenoxy) is 2. The first-order valence-corrected chi connectivity index (χ1v) is 14.3. The van der Waals surface area contributed by atoms with Gasteiger partial charge >= 0.3 is 5.97 Å². The molecule has 0 atom stereocenters. The Kier molecular flexibility index (Phi) is 10.2. The predicted molar refractivity (Wildman–Crippen MR) is 161 cm³/mol. The third-order valence-corrected chi connectivity index (χ3v) is 7.76. The molecule has 2 aromatic carbocycles. The Morgan fingerprint density at radius 1 is 1.05 bits per heavy atom. The highest BCUT2D eigenvalue weighted by molar-refractivity contribution is 6.03. The van der Waals surface area contributed by atoms with Crippen molar-refractivity contribution < 1.29 is 28.6 Å². The van der Waals surface area contributed by atoms with E-state index in [4.69, 9.17) is 9.47 Å². The third-order valence-electron chi connectivity index (χ3n) is 7.76. The SMILES string of the molecule is COCCNC(=O)c1nc(C)c(CC(=O)O)c(N2CCC(C)(C)CC2)c1-c1ccc(OCCc2ccc(F)cc2)cc1. The molecule has 9 heteroatoms. The summed E-state index contributed by atoms with van der Waals surface area (Å²) in [4.78, 5) is 32.4. The summed E-state index contributed by atoms with van der Waals surface area (Å²) in [6.45, 7) is 8.83. The summed E-state index contributed by atoms with van der Waals surface area (Å²) in [7, 11) is 1.57. The highest BCUT2D eigenvalue weighted by Crippen LogP contribution is 2.42.